The van der Waals surface area contributed by atoms with Gasteiger partial charge in [-0.25, -0.2) is 4.98 Å². The van der Waals surface area contributed by atoms with Gasteiger partial charge in [0.2, 0.25) is 0 Å². The van der Waals surface area contributed by atoms with Gasteiger partial charge in [-0.05, 0) is 73.2 Å². The number of hydrogen-bond acceptors (Lipinski definition) is 6. The second-order valence-corrected chi connectivity index (χ2v) is 8.33. The Morgan fingerprint density at radius 2 is 1.87 bits per heavy atom. The third-order valence-corrected chi connectivity index (χ3v) is 5.90. The fraction of sp³-hybridized carbons (Fsp3) is 0.292. The topological polar surface area (TPSA) is 99.7 Å². The molecule has 1 aliphatic rings. The van der Waals surface area contributed by atoms with Crippen LogP contribution in [0.2, 0.25) is 5.02 Å². The Labute approximate surface area is 187 Å². The standard InChI is InChI=1S/C24H25ClN6/c25-23-15-30-24(31-20-3-1-19(27)2-4-20)12-22(23)18-9-17(13-26)10-21(11-18)29-14-16-5-7-28-8-6-16/h5-12,15,19-20,29H,1-4,14,27H2,(H,30,31)/t19-,20-. The predicted octanol–water partition coefficient (Wildman–Crippen LogP) is 4.96. The van der Waals surface area contributed by atoms with Gasteiger partial charge in [0, 0.05) is 48.5 Å². The van der Waals surface area contributed by atoms with Gasteiger partial charge in [-0.2, -0.15) is 5.26 Å². The van der Waals surface area contributed by atoms with Crippen LogP contribution in [0.3, 0.4) is 0 Å². The maximum absolute atomic E-state index is 9.53. The number of aromatic nitrogens is 2. The quantitative estimate of drug-likeness (QED) is 0.509. The van der Waals surface area contributed by atoms with Crippen molar-refractivity contribution in [3.8, 4) is 17.2 Å². The molecule has 31 heavy (non-hydrogen) atoms. The van der Waals surface area contributed by atoms with Gasteiger partial charge in [0.1, 0.15) is 5.82 Å². The highest BCUT2D eigenvalue weighted by Crippen LogP contribution is 2.33. The molecule has 2 heterocycles. The van der Waals surface area contributed by atoms with Gasteiger partial charge in [0.25, 0.3) is 0 Å². The number of halogens is 1. The number of anilines is 2. The van der Waals surface area contributed by atoms with E-state index in [9.17, 15) is 5.26 Å². The Hall–Kier alpha value is -3.14. The molecule has 4 rings (SSSR count). The molecule has 0 radical (unpaired) electrons. The van der Waals surface area contributed by atoms with E-state index in [1.807, 2.05) is 36.4 Å². The molecule has 0 spiro atoms. The maximum atomic E-state index is 9.53. The van der Waals surface area contributed by atoms with Crippen molar-refractivity contribution < 1.29 is 0 Å². The van der Waals surface area contributed by atoms with E-state index >= 15 is 0 Å². The predicted molar refractivity (Wildman–Crippen MR) is 125 cm³/mol. The summed E-state index contributed by atoms with van der Waals surface area (Å²) < 4.78 is 0. The van der Waals surface area contributed by atoms with Crippen LogP contribution in [0.1, 0.15) is 36.8 Å². The van der Waals surface area contributed by atoms with Crippen molar-refractivity contribution >= 4 is 23.1 Å². The number of nitrogens with zero attached hydrogens (tertiary/aromatic N) is 3. The molecule has 1 fully saturated rings. The normalized spacial score (nSPS) is 18.2. The highest BCUT2D eigenvalue weighted by Gasteiger charge is 2.19. The molecule has 0 unspecified atom stereocenters. The third kappa shape index (κ3) is 5.52. The van der Waals surface area contributed by atoms with Gasteiger partial charge in [-0.15, -0.1) is 0 Å². The van der Waals surface area contributed by atoms with E-state index in [-0.39, 0.29) is 0 Å². The van der Waals surface area contributed by atoms with Crippen LogP contribution < -0.4 is 16.4 Å². The summed E-state index contributed by atoms with van der Waals surface area (Å²) in [5, 5.41) is 17.0. The van der Waals surface area contributed by atoms with Crippen LogP contribution >= 0.6 is 11.6 Å². The van der Waals surface area contributed by atoms with Crippen LogP contribution in [0.15, 0.2) is 55.0 Å². The molecule has 2 aromatic heterocycles. The van der Waals surface area contributed by atoms with E-state index in [0.29, 0.717) is 29.2 Å². The van der Waals surface area contributed by atoms with Crippen molar-refractivity contribution in [1.82, 2.24) is 9.97 Å². The number of rotatable bonds is 6. The largest absolute Gasteiger partial charge is 0.381 e. The number of benzene rings is 1. The molecule has 1 aromatic carbocycles. The fourth-order valence-corrected chi connectivity index (χ4v) is 4.08. The number of nitrogens with one attached hydrogen (secondary N) is 2. The summed E-state index contributed by atoms with van der Waals surface area (Å²) in [6, 6.07) is 14.5. The lowest BCUT2D eigenvalue weighted by molar-refractivity contribution is 0.410. The average Bonchev–Trinajstić information content (AvgIpc) is 2.81. The first kappa shape index (κ1) is 21.1. The summed E-state index contributed by atoms with van der Waals surface area (Å²) in [4.78, 5) is 8.50. The Morgan fingerprint density at radius 3 is 2.61 bits per heavy atom. The van der Waals surface area contributed by atoms with Gasteiger partial charge < -0.3 is 16.4 Å². The van der Waals surface area contributed by atoms with E-state index in [2.05, 4.69) is 26.7 Å². The van der Waals surface area contributed by atoms with Gasteiger partial charge in [-0.3, -0.25) is 4.98 Å². The number of pyridine rings is 2. The minimum Gasteiger partial charge on any atom is -0.381 e. The summed E-state index contributed by atoms with van der Waals surface area (Å²) in [5.74, 6) is 0.786. The van der Waals surface area contributed by atoms with Crippen molar-refractivity contribution in [3.05, 3.63) is 71.1 Å². The van der Waals surface area contributed by atoms with Crippen molar-refractivity contribution in [2.75, 3.05) is 10.6 Å². The van der Waals surface area contributed by atoms with E-state index in [1.165, 1.54) is 0 Å². The van der Waals surface area contributed by atoms with Crippen LogP contribution in [0.5, 0.6) is 0 Å². The summed E-state index contributed by atoms with van der Waals surface area (Å²) in [6.45, 7) is 0.636. The van der Waals surface area contributed by atoms with Crippen LogP contribution in [-0.4, -0.2) is 22.1 Å². The van der Waals surface area contributed by atoms with Crippen LogP contribution in [-0.2, 0) is 6.54 Å². The molecule has 1 aliphatic carbocycles. The monoisotopic (exact) mass is 432 g/mol. The van der Waals surface area contributed by atoms with Gasteiger partial charge in [-0.1, -0.05) is 11.6 Å². The smallest absolute Gasteiger partial charge is 0.126 e. The minimum absolute atomic E-state index is 0.304. The van der Waals surface area contributed by atoms with Crippen molar-refractivity contribution in [3.63, 3.8) is 0 Å². The lowest BCUT2D eigenvalue weighted by atomic mass is 9.92. The van der Waals surface area contributed by atoms with Crippen molar-refractivity contribution in [2.45, 2.75) is 44.3 Å². The molecule has 0 aliphatic heterocycles. The summed E-state index contributed by atoms with van der Waals surface area (Å²) in [7, 11) is 0. The van der Waals surface area contributed by atoms with Crippen molar-refractivity contribution in [1.29, 1.82) is 5.26 Å². The lowest BCUT2D eigenvalue weighted by Gasteiger charge is -2.27. The highest BCUT2D eigenvalue weighted by atomic mass is 35.5. The zero-order valence-corrected chi connectivity index (χ0v) is 17.9. The average molecular weight is 433 g/mol. The van der Waals surface area contributed by atoms with E-state index in [0.717, 1.165) is 53.9 Å². The molecule has 0 atom stereocenters. The zero-order chi connectivity index (χ0) is 21.6. The second kappa shape index (κ2) is 9.78. The van der Waals surface area contributed by atoms with E-state index in [4.69, 9.17) is 17.3 Å². The molecule has 158 valence electrons. The van der Waals surface area contributed by atoms with E-state index in [1.54, 1.807) is 18.6 Å². The summed E-state index contributed by atoms with van der Waals surface area (Å²) in [6.07, 6.45) is 9.31. The number of hydrogen-bond donors (Lipinski definition) is 3. The molecule has 4 N–H and O–H groups in total. The Kier molecular flexibility index (Phi) is 6.66. The van der Waals surface area contributed by atoms with Crippen LogP contribution in [0, 0.1) is 11.3 Å². The number of nitrogens with two attached hydrogens (primary N) is 1. The van der Waals surface area contributed by atoms with Gasteiger partial charge in [0.15, 0.2) is 0 Å². The Morgan fingerprint density at radius 1 is 1.10 bits per heavy atom. The first-order valence-corrected chi connectivity index (χ1v) is 10.8. The molecule has 0 amide bonds. The molecule has 0 bridgehead atoms. The molecule has 6 nitrogen and oxygen atoms in total. The van der Waals surface area contributed by atoms with Crippen LogP contribution in [0.4, 0.5) is 11.5 Å². The first-order chi connectivity index (χ1) is 15.1. The van der Waals surface area contributed by atoms with Crippen LogP contribution in [0.25, 0.3) is 11.1 Å². The molecule has 7 heteroatoms. The lowest BCUT2D eigenvalue weighted by Crippen LogP contribution is -2.33. The van der Waals surface area contributed by atoms with Gasteiger partial charge in [0.05, 0.1) is 16.7 Å². The summed E-state index contributed by atoms with van der Waals surface area (Å²) >= 11 is 6.50. The maximum Gasteiger partial charge on any atom is 0.126 e. The number of nitriles is 1. The molecule has 3 aromatic rings. The SMILES string of the molecule is N#Cc1cc(NCc2ccncc2)cc(-c2cc(N[C@H]3CC[C@H](N)CC3)ncc2Cl)c1. The summed E-state index contributed by atoms with van der Waals surface area (Å²) in [5.41, 5.74) is 10.3. The molecule has 0 saturated heterocycles. The molecule has 1 saturated carbocycles. The minimum atomic E-state index is 0.304. The Balaban J connectivity index is 1.57. The molecular weight excluding hydrogens is 408 g/mol. The van der Waals surface area contributed by atoms with Crippen molar-refractivity contribution in [2.24, 2.45) is 5.73 Å². The van der Waals surface area contributed by atoms with Gasteiger partial charge >= 0.3 is 0 Å². The second-order valence-electron chi connectivity index (χ2n) is 7.93. The Bertz CT molecular complexity index is 1070. The zero-order valence-electron chi connectivity index (χ0n) is 17.2. The fourth-order valence-electron chi connectivity index (χ4n) is 3.87. The highest BCUT2D eigenvalue weighted by molar-refractivity contribution is 6.33. The molecular formula is C24H25ClN6. The van der Waals surface area contributed by atoms with E-state index < -0.39 is 0 Å². The third-order valence-electron chi connectivity index (χ3n) is 5.60. The first-order valence-electron chi connectivity index (χ1n) is 10.5.